The SMILES string of the molecule is CCC(Nc1ccc(C#N)cc1Cl)c1ccc(C)cc1. The van der Waals surface area contributed by atoms with Crippen LogP contribution in [0.15, 0.2) is 42.5 Å². The van der Waals surface area contributed by atoms with Crippen molar-refractivity contribution in [3.05, 3.63) is 64.2 Å². The van der Waals surface area contributed by atoms with E-state index in [-0.39, 0.29) is 6.04 Å². The lowest BCUT2D eigenvalue weighted by molar-refractivity contribution is 0.749. The molecule has 0 fully saturated rings. The minimum atomic E-state index is 0.209. The third kappa shape index (κ3) is 3.31. The Labute approximate surface area is 125 Å². The van der Waals surface area contributed by atoms with Crippen LogP contribution in [-0.4, -0.2) is 0 Å². The van der Waals surface area contributed by atoms with Crippen molar-refractivity contribution < 1.29 is 0 Å². The van der Waals surface area contributed by atoms with Crippen molar-refractivity contribution >= 4 is 17.3 Å². The molecule has 20 heavy (non-hydrogen) atoms. The van der Waals surface area contributed by atoms with E-state index in [0.29, 0.717) is 10.6 Å². The van der Waals surface area contributed by atoms with Gasteiger partial charge in [0.1, 0.15) is 0 Å². The van der Waals surface area contributed by atoms with E-state index in [1.807, 2.05) is 6.07 Å². The van der Waals surface area contributed by atoms with Gasteiger partial charge < -0.3 is 5.32 Å². The van der Waals surface area contributed by atoms with E-state index < -0.39 is 0 Å². The monoisotopic (exact) mass is 284 g/mol. The number of hydrogen-bond acceptors (Lipinski definition) is 2. The van der Waals surface area contributed by atoms with Gasteiger partial charge in [-0.2, -0.15) is 5.26 Å². The highest BCUT2D eigenvalue weighted by molar-refractivity contribution is 6.33. The molecule has 0 radical (unpaired) electrons. The Balaban J connectivity index is 2.22. The van der Waals surface area contributed by atoms with Gasteiger partial charge >= 0.3 is 0 Å². The van der Waals surface area contributed by atoms with Gasteiger partial charge in [-0.15, -0.1) is 0 Å². The minimum Gasteiger partial charge on any atom is -0.377 e. The van der Waals surface area contributed by atoms with Gasteiger partial charge in [0, 0.05) is 0 Å². The summed E-state index contributed by atoms with van der Waals surface area (Å²) >= 11 is 6.21. The van der Waals surface area contributed by atoms with Crippen molar-refractivity contribution in [2.24, 2.45) is 0 Å². The Kier molecular flexibility index (Phi) is 4.65. The van der Waals surface area contributed by atoms with Crippen LogP contribution in [0.5, 0.6) is 0 Å². The number of halogens is 1. The summed E-state index contributed by atoms with van der Waals surface area (Å²) < 4.78 is 0. The van der Waals surface area contributed by atoms with Crippen LogP contribution in [0.2, 0.25) is 5.02 Å². The van der Waals surface area contributed by atoms with E-state index in [9.17, 15) is 0 Å². The van der Waals surface area contributed by atoms with Crippen LogP contribution in [-0.2, 0) is 0 Å². The molecule has 2 aromatic carbocycles. The maximum absolute atomic E-state index is 8.86. The van der Waals surface area contributed by atoms with Crippen LogP contribution in [0.1, 0.15) is 36.1 Å². The topological polar surface area (TPSA) is 35.8 Å². The maximum Gasteiger partial charge on any atom is 0.0992 e. The molecule has 1 unspecified atom stereocenters. The molecule has 0 heterocycles. The second kappa shape index (κ2) is 6.45. The van der Waals surface area contributed by atoms with Crippen LogP contribution in [0.3, 0.4) is 0 Å². The smallest absolute Gasteiger partial charge is 0.0992 e. The highest BCUT2D eigenvalue weighted by Crippen LogP contribution is 2.28. The molecule has 0 saturated carbocycles. The van der Waals surface area contributed by atoms with Crippen LogP contribution in [0.4, 0.5) is 5.69 Å². The second-order valence-corrected chi connectivity index (χ2v) is 5.23. The molecule has 0 aliphatic rings. The number of anilines is 1. The fourth-order valence-electron chi connectivity index (χ4n) is 2.11. The molecule has 0 spiro atoms. The van der Waals surface area contributed by atoms with E-state index >= 15 is 0 Å². The molecule has 2 rings (SSSR count). The molecule has 2 aromatic rings. The fraction of sp³-hybridized carbons (Fsp3) is 0.235. The number of benzene rings is 2. The predicted molar refractivity (Wildman–Crippen MR) is 84.0 cm³/mol. The maximum atomic E-state index is 8.86. The average Bonchev–Trinajstić information content (AvgIpc) is 2.47. The first-order valence-corrected chi connectivity index (χ1v) is 7.04. The van der Waals surface area contributed by atoms with Gasteiger partial charge in [-0.3, -0.25) is 0 Å². The first-order chi connectivity index (χ1) is 9.63. The Bertz CT molecular complexity index is 626. The summed E-state index contributed by atoms with van der Waals surface area (Å²) in [5.41, 5.74) is 3.92. The Morgan fingerprint density at radius 1 is 1.20 bits per heavy atom. The van der Waals surface area contributed by atoms with E-state index in [4.69, 9.17) is 16.9 Å². The first kappa shape index (κ1) is 14.4. The molecule has 0 amide bonds. The molecule has 3 heteroatoms. The predicted octanol–water partition coefficient (Wildman–Crippen LogP) is 5.08. The molecule has 0 aliphatic carbocycles. The first-order valence-electron chi connectivity index (χ1n) is 6.66. The number of rotatable bonds is 4. The van der Waals surface area contributed by atoms with Gasteiger partial charge in [0.2, 0.25) is 0 Å². The Hall–Kier alpha value is -1.98. The van der Waals surface area contributed by atoms with Crippen LogP contribution >= 0.6 is 11.6 Å². The molecular formula is C17H17ClN2. The standard InChI is InChI=1S/C17H17ClN2/c1-3-16(14-7-4-12(2)5-8-14)20-17-9-6-13(11-19)10-15(17)18/h4-10,16,20H,3H2,1-2H3. The highest BCUT2D eigenvalue weighted by Gasteiger charge is 2.11. The zero-order valence-electron chi connectivity index (χ0n) is 11.7. The molecule has 2 nitrogen and oxygen atoms in total. The summed E-state index contributed by atoms with van der Waals surface area (Å²) in [5.74, 6) is 0. The summed E-state index contributed by atoms with van der Waals surface area (Å²) in [6.45, 7) is 4.21. The Morgan fingerprint density at radius 3 is 2.45 bits per heavy atom. The van der Waals surface area contributed by atoms with E-state index in [0.717, 1.165) is 12.1 Å². The number of nitriles is 1. The molecule has 0 aromatic heterocycles. The van der Waals surface area contributed by atoms with Crippen molar-refractivity contribution in [1.29, 1.82) is 5.26 Å². The largest absolute Gasteiger partial charge is 0.377 e. The van der Waals surface area contributed by atoms with Crippen LogP contribution in [0, 0.1) is 18.3 Å². The third-order valence-electron chi connectivity index (χ3n) is 3.32. The van der Waals surface area contributed by atoms with Crippen LogP contribution < -0.4 is 5.32 Å². The van der Waals surface area contributed by atoms with E-state index in [2.05, 4.69) is 49.5 Å². The van der Waals surface area contributed by atoms with Crippen molar-refractivity contribution in [2.75, 3.05) is 5.32 Å². The van der Waals surface area contributed by atoms with Crippen molar-refractivity contribution in [2.45, 2.75) is 26.3 Å². The molecular weight excluding hydrogens is 268 g/mol. The molecule has 1 N–H and O–H groups in total. The molecule has 102 valence electrons. The molecule has 0 aliphatic heterocycles. The summed E-state index contributed by atoms with van der Waals surface area (Å²) in [6.07, 6.45) is 0.958. The lowest BCUT2D eigenvalue weighted by Crippen LogP contribution is -2.10. The molecule has 0 saturated heterocycles. The molecule has 0 bridgehead atoms. The van der Waals surface area contributed by atoms with Gasteiger partial charge in [0.25, 0.3) is 0 Å². The minimum absolute atomic E-state index is 0.209. The number of nitrogens with one attached hydrogen (secondary N) is 1. The fourth-order valence-corrected chi connectivity index (χ4v) is 2.34. The van der Waals surface area contributed by atoms with Crippen LogP contribution in [0.25, 0.3) is 0 Å². The van der Waals surface area contributed by atoms with Crippen molar-refractivity contribution in [3.63, 3.8) is 0 Å². The zero-order valence-corrected chi connectivity index (χ0v) is 12.4. The average molecular weight is 285 g/mol. The lowest BCUT2D eigenvalue weighted by atomic mass is 10.0. The number of hydrogen-bond donors (Lipinski definition) is 1. The third-order valence-corrected chi connectivity index (χ3v) is 3.63. The summed E-state index contributed by atoms with van der Waals surface area (Å²) in [6, 6.07) is 16.1. The van der Waals surface area contributed by atoms with Crippen molar-refractivity contribution in [1.82, 2.24) is 0 Å². The van der Waals surface area contributed by atoms with Gasteiger partial charge in [0.05, 0.1) is 28.4 Å². The quantitative estimate of drug-likeness (QED) is 0.849. The zero-order chi connectivity index (χ0) is 14.5. The normalized spacial score (nSPS) is 11.7. The summed E-state index contributed by atoms with van der Waals surface area (Å²) in [5, 5.41) is 12.9. The van der Waals surface area contributed by atoms with E-state index in [1.165, 1.54) is 11.1 Å². The number of nitrogens with zero attached hydrogens (tertiary/aromatic N) is 1. The number of aryl methyl sites for hydroxylation is 1. The van der Waals surface area contributed by atoms with Gasteiger partial charge in [-0.1, -0.05) is 48.4 Å². The lowest BCUT2D eigenvalue weighted by Gasteiger charge is -2.20. The van der Waals surface area contributed by atoms with Gasteiger partial charge in [-0.25, -0.2) is 0 Å². The van der Waals surface area contributed by atoms with E-state index in [1.54, 1.807) is 12.1 Å². The summed E-state index contributed by atoms with van der Waals surface area (Å²) in [7, 11) is 0. The van der Waals surface area contributed by atoms with Gasteiger partial charge in [0.15, 0.2) is 0 Å². The highest BCUT2D eigenvalue weighted by atomic mass is 35.5. The molecule has 1 atom stereocenters. The van der Waals surface area contributed by atoms with Crippen molar-refractivity contribution in [3.8, 4) is 6.07 Å². The van der Waals surface area contributed by atoms with Gasteiger partial charge in [-0.05, 0) is 37.1 Å². The summed E-state index contributed by atoms with van der Waals surface area (Å²) in [4.78, 5) is 0. The second-order valence-electron chi connectivity index (χ2n) is 4.82. The Morgan fingerprint density at radius 2 is 1.90 bits per heavy atom.